The van der Waals surface area contributed by atoms with Crippen LogP contribution < -0.4 is 0 Å². The number of hydrogen-bond acceptors (Lipinski definition) is 5. The van der Waals surface area contributed by atoms with E-state index in [2.05, 4.69) is 4.98 Å². The van der Waals surface area contributed by atoms with Crippen LogP contribution >= 0.6 is 11.6 Å². The van der Waals surface area contributed by atoms with Gasteiger partial charge in [-0.25, -0.2) is 4.98 Å². The number of likely N-dealkylation sites (tertiary alicyclic amines) is 1. The lowest BCUT2D eigenvalue weighted by atomic mass is 9.99. The Hall–Kier alpha value is -3.32. The van der Waals surface area contributed by atoms with E-state index in [9.17, 15) is 14.7 Å². The van der Waals surface area contributed by atoms with Gasteiger partial charge in [-0.15, -0.1) is 0 Å². The number of nitrogens with zero attached hydrogens (tertiary/aromatic N) is 3. The van der Waals surface area contributed by atoms with Gasteiger partial charge in [0.1, 0.15) is 17.6 Å². The molecule has 3 aromatic rings. The van der Waals surface area contributed by atoms with E-state index >= 15 is 0 Å². The summed E-state index contributed by atoms with van der Waals surface area (Å²) in [5, 5.41) is 11.3. The van der Waals surface area contributed by atoms with Crippen molar-refractivity contribution in [3.8, 4) is 0 Å². The minimum atomic E-state index is -0.788. The summed E-state index contributed by atoms with van der Waals surface area (Å²) >= 11 is 5.91. The molecule has 7 nitrogen and oxygen atoms in total. The number of amides is 1. The number of Topliss-reactive ketones (excluding diaryl/α,β-unsaturated/α-hetero) is 1. The van der Waals surface area contributed by atoms with Crippen LogP contribution in [0.25, 0.3) is 5.76 Å². The fourth-order valence-corrected chi connectivity index (χ4v) is 3.59. The van der Waals surface area contributed by atoms with Gasteiger partial charge >= 0.3 is 0 Å². The summed E-state index contributed by atoms with van der Waals surface area (Å²) in [7, 11) is 0. The number of imidazole rings is 1. The van der Waals surface area contributed by atoms with Crippen molar-refractivity contribution in [2.24, 2.45) is 0 Å². The van der Waals surface area contributed by atoms with Gasteiger partial charge in [0.2, 0.25) is 0 Å². The molecule has 2 aromatic heterocycles. The number of aromatic nitrogens is 2. The summed E-state index contributed by atoms with van der Waals surface area (Å²) in [6, 6.07) is 9.01. The Labute approximate surface area is 171 Å². The van der Waals surface area contributed by atoms with Gasteiger partial charge in [0.05, 0.1) is 18.2 Å². The van der Waals surface area contributed by atoms with Crippen LogP contribution in [0.3, 0.4) is 0 Å². The standard InChI is InChI=1S/C21H18ClN3O4/c22-15-6-4-14(5-7-15)19(26)17-18(16-3-1-12-29-16)25(21(28)20(17)27)10-2-9-24-11-8-23-13-24/h1,3-8,11-13,18,26H,2,9-10H2/b19-17-. The highest BCUT2D eigenvalue weighted by Crippen LogP contribution is 2.39. The van der Waals surface area contributed by atoms with Crippen molar-refractivity contribution in [2.75, 3.05) is 6.54 Å². The van der Waals surface area contributed by atoms with Gasteiger partial charge in [-0.1, -0.05) is 11.6 Å². The molecule has 0 saturated carbocycles. The fourth-order valence-electron chi connectivity index (χ4n) is 3.46. The van der Waals surface area contributed by atoms with Gasteiger partial charge in [0.25, 0.3) is 11.7 Å². The zero-order chi connectivity index (χ0) is 20.4. The first-order valence-electron chi connectivity index (χ1n) is 9.10. The molecule has 4 rings (SSSR count). The summed E-state index contributed by atoms with van der Waals surface area (Å²) in [6.07, 6.45) is 7.29. The van der Waals surface area contributed by atoms with E-state index in [4.69, 9.17) is 16.0 Å². The molecule has 29 heavy (non-hydrogen) atoms. The SMILES string of the molecule is O=C1C(=O)N(CCCn2ccnc2)C(c2ccco2)/C1=C(/O)c1ccc(Cl)cc1. The zero-order valence-corrected chi connectivity index (χ0v) is 16.1. The van der Waals surface area contributed by atoms with Gasteiger partial charge in [0.15, 0.2) is 0 Å². The van der Waals surface area contributed by atoms with Crippen molar-refractivity contribution in [3.05, 3.63) is 83.3 Å². The molecule has 1 aliphatic heterocycles. The third kappa shape index (κ3) is 3.69. The molecule has 148 valence electrons. The Kier molecular flexibility index (Phi) is 5.22. The van der Waals surface area contributed by atoms with Crippen molar-refractivity contribution >= 4 is 29.1 Å². The smallest absolute Gasteiger partial charge is 0.295 e. The van der Waals surface area contributed by atoms with E-state index in [0.29, 0.717) is 35.9 Å². The van der Waals surface area contributed by atoms with Crippen LogP contribution in [-0.4, -0.2) is 37.8 Å². The van der Waals surface area contributed by atoms with Gasteiger partial charge < -0.3 is 19.0 Å². The fraction of sp³-hybridized carbons (Fsp3) is 0.190. The first kappa shape index (κ1) is 19.0. The predicted octanol–water partition coefficient (Wildman–Crippen LogP) is 3.64. The summed E-state index contributed by atoms with van der Waals surface area (Å²) in [5.74, 6) is -1.23. The molecule has 0 spiro atoms. The second-order valence-corrected chi connectivity index (χ2v) is 7.11. The first-order chi connectivity index (χ1) is 14.1. The molecule has 1 unspecified atom stereocenters. The topological polar surface area (TPSA) is 88.6 Å². The molecule has 0 bridgehead atoms. The van der Waals surface area contributed by atoms with E-state index in [1.54, 1.807) is 48.9 Å². The lowest BCUT2D eigenvalue weighted by molar-refractivity contribution is -0.140. The minimum Gasteiger partial charge on any atom is -0.507 e. The molecular weight excluding hydrogens is 394 g/mol. The van der Waals surface area contributed by atoms with E-state index in [1.165, 1.54) is 11.2 Å². The van der Waals surface area contributed by atoms with Crippen LogP contribution in [-0.2, 0) is 16.1 Å². The Morgan fingerprint density at radius 2 is 1.97 bits per heavy atom. The van der Waals surface area contributed by atoms with Crippen LogP contribution in [0.15, 0.2) is 71.4 Å². The monoisotopic (exact) mass is 411 g/mol. The summed E-state index contributed by atoms with van der Waals surface area (Å²) < 4.78 is 7.40. The quantitative estimate of drug-likeness (QED) is 0.380. The number of hydrogen-bond donors (Lipinski definition) is 1. The third-order valence-electron chi connectivity index (χ3n) is 4.84. The lowest BCUT2D eigenvalue weighted by Gasteiger charge is -2.23. The van der Waals surface area contributed by atoms with Crippen LogP contribution in [0, 0.1) is 0 Å². The summed E-state index contributed by atoms with van der Waals surface area (Å²) in [4.78, 5) is 31.0. The maximum atomic E-state index is 12.8. The Balaban J connectivity index is 1.68. The van der Waals surface area contributed by atoms with Crippen molar-refractivity contribution < 1.29 is 19.1 Å². The molecular formula is C21H18ClN3O4. The zero-order valence-electron chi connectivity index (χ0n) is 15.4. The van der Waals surface area contributed by atoms with Crippen molar-refractivity contribution in [3.63, 3.8) is 0 Å². The third-order valence-corrected chi connectivity index (χ3v) is 5.10. The molecule has 3 heterocycles. The number of benzene rings is 1. The maximum absolute atomic E-state index is 12.8. The number of aliphatic hydroxyl groups is 1. The second kappa shape index (κ2) is 7.97. The Bertz CT molecular complexity index is 1040. The predicted molar refractivity (Wildman–Crippen MR) is 106 cm³/mol. The summed E-state index contributed by atoms with van der Waals surface area (Å²) in [6.45, 7) is 0.969. The van der Waals surface area contributed by atoms with E-state index in [0.717, 1.165) is 0 Å². The molecule has 0 radical (unpaired) electrons. The largest absolute Gasteiger partial charge is 0.507 e. The molecule has 1 N–H and O–H groups in total. The van der Waals surface area contributed by atoms with E-state index < -0.39 is 17.7 Å². The Morgan fingerprint density at radius 1 is 1.17 bits per heavy atom. The van der Waals surface area contributed by atoms with Crippen LogP contribution in [0.1, 0.15) is 23.8 Å². The highest BCUT2D eigenvalue weighted by atomic mass is 35.5. The number of ketones is 1. The second-order valence-electron chi connectivity index (χ2n) is 6.67. The number of halogens is 1. The minimum absolute atomic E-state index is 0.00917. The highest BCUT2D eigenvalue weighted by Gasteiger charge is 2.47. The highest BCUT2D eigenvalue weighted by molar-refractivity contribution is 6.46. The van der Waals surface area contributed by atoms with Crippen LogP contribution in [0.4, 0.5) is 0 Å². The molecule has 1 saturated heterocycles. The van der Waals surface area contributed by atoms with E-state index in [1.807, 2.05) is 10.8 Å². The molecule has 1 aromatic carbocycles. The number of aliphatic hydroxyl groups excluding tert-OH is 1. The van der Waals surface area contributed by atoms with Crippen molar-refractivity contribution in [2.45, 2.75) is 19.0 Å². The van der Waals surface area contributed by atoms with Crippen molar-refractivity contribution in [1.82, 2.24) is 14.5 Å². The van der Waals surface area contributed by atoms with Gasteiger partial charge in [-0.3, -0.25) is 9.59 Å². The maximum Gasteiger partial charge on any atom is 0.295 e. The summed E-state index contributed by atoms with van der Waals surface area (Å²) in [5.41, 5.74) is 0.414. The average molecular weight is 412 g/mol. The molecule has 8 heteroatoms. The molecule has 0 aliphatic carbocycles. The van der Waals surface area contributed by atoms with Crippen molar-refractivity contribution in [1.29, 1.82) is 0 Å². The van der Waals surface area contributed by atoms with Gasteiger partial charge in [-0.2, -0.15) is 0 Å². The number of carbonyl (C=O) groups excluding carboxylic acids is 2. The van der Waals surface area contributed by atoms with Crippen LogP contribution in [0.2, 0.25) is 5.02 Å². The molecule has 1 atom stereocenters. The van der Waals surface area contributed by atoms with Gasteiger partial charge in [-0.05, 0) is 42.8 Å². The Morgan fingerprint density at radius 3 is 2.62 bits per heavy atom. The molecule has 1 amide bonds. The number of aryl methyl sites for hydroxylation is 1. The first-order valence-corrected chi connectivity index (χ1v) is 9.47. The lowest BCUT2D eigenvalue weighted by Crippen LogP contribution is -2.31. The molecule has 1 fully saturated rings. The van der Waals surface area contributed by atoms with E-state index in [-0.39, 0.29) is 11.3 Å². The normalized spacial score (nSPS) is 18.5. The van der Waals surface area contributed by atoms with Crippen LogP contribution in [0.5, 0.6) is 0 Å². The number of rotatable bonds is 6. The number of carbonyl (C=O) groups is 2. The average Bonchev–Trinajstić information content (AvgIpc) is 3.46. The number of furan rings is 1. The van der Waals surface area contributed by atoms with Gasteiger partial charge in [0, 0.05) is 36.1 Å². The molecule has 1 aliphatic rings.